The number of aromatic nitrogens is 2. The van der Waals surface area contributed by atoms with Gasteiger partial charge in [-0.25, -0.2) is 10.1 Å². The van der Waals surface area contributed by atoms with Crippen LogP contribution in [0.3, 0.4) is 0 Å². The maximum absolute atomic E-state index is 13.5. The van der Waals surface area contributed by atoms with E-state index in [2.05, 4.69) is 20.4 Å². The van der Waals surface area contributed by atoms with E-state index in [9.17, 15) is 9.36 Å². The van der Waals surface area contributed by atoms with Crippen molar-refractivity contribution in [2.24, 2.45) is 10.7 Å². The molecular formula is C21H31N6O6P. The molecule has 1 aliphatic heterocycles. The molecule has 0 spiro atoms. The quantitative estimate of drug-likeness (QED) is 0.214. The first kappa shape index (κ1) is 25.9. The van der Waals surface area contributed by atoms with Gasteiger partial charge in [-0.05, 0) is 19.4 Å². The number of nitrogens with two attached hydrogens (primary N) is 1. The van der Waals surface area contributed by atoms with Gasteiger partial charge < -0.3 is 34.4 Å². The monoisotopic (exact) mass is 494 g/mol. The molecule has 1 aliphatic rings. The number of nitrogens with one attached hydrogen (secondary N) is 2. The summed E-state index contributed by atoms with van der Waals surface area (Å²) >= 11 is 0. The lowest BCUT2D eigenvalue weighted by atomic mass is 10.2. The summed E-state index contributed by atoms with van der Waals surface area (Å²) in [4.78, 5) is 20.6. The number of nitrogens with zero attached hydrogens (tertiary/aromatic N) is 3. The van der Waals surface area contributed by atoms with E-state index >= 15 is 0 Å². The van der Waals surface area contributed by atoms with Crippen LogP contribution in [0, 0.1) is 0 Å². The van der Waals surface area contributed by atoms with Crippen molar-refractivity contribution in [3.8, 4) is 0 Å². The Hall–Kier alpha value is -2.76. The lowest BCUT2D eigenvalue weighted by Crippen LogP contribution is -2.38. The third kappa shape index (κ3) is 6.87. The summed E-state index contributed by atoms with van der Waals surface area (Å²) in [5.74, 6) is 0.259. The zero-order valence-corrected chi connectivity index (χ0v) is 20.4. The van der Waals surface area contributed by atoms with E-state index in [1.807, 2.05) is 30.3 Å². The molecule has 34 heavy (non-hydrogen) atoms. The zero-order valence-electron chi connectivity index (χ0n) is 19.5. The van der Waals surface area contributed by atoms with Gasteiger partial charge in [-0.15, -0.1) is 0 Å². The molecule has 13 heteroatoms. The Labute approximate surface area is 198 Å². The summed E-state index contributed by atoms with van der Waals surface area (Å²) in [7, 11) is -2.01. The van der Waals surface area contributed by atoms with Gasteiger partial charge in [0.25, 0.3) is 7.52 Å². The molecule has 2 aromatic rings. The predicted octanol–water partition coefficient (Wildman–Crippen LogP) is 2.00. The molecule has 0 saturated carbocycles. The molecule has 3 atom stereocenters. The number of methoxy groups -OCH3 is 1. The Morgan fingerprint density at radius 1 is 1.35 bits per heavy atom. The van der Waals surface area contributed by atoms with Crippen LogP contribution in [0.1, 0.15) is 31.3 Å². The fourth-order valence-electron chi connectivity index (χ4n) is 3.21. The number of benzene rings is 1. The Morgan fingerprint density at radius 3 is 2.82 bits per heavy atom. The minimum absolute atomic E-state index is 0.0957. The largest absolute Gasteiger partial charge is 0.465 e. The van der Waals surface area contributed by atoms with Gasteiger partial charge in [-0.3, -0.25) is 9.36 Å². The van der Waals surface area contributed by atoms with E-state index in [-0.39, 0.29) is 32.1 Å². The summed E-state index contributed by atoms with van der Waals surface area (Å²) in [6.45, 7) is 4.16. The van der Waals surface area contributed by atoms with Gasteiger partial charge in [-0.2, -0.15) is 4.99 Å². The van der Waals surface area contributed by atoms with Crippen molar-refractivity contribution < 1.29 is 28.1 Å². The molecule has 0 radical (unpaired) electrons. The van der Waals surface area contributed by atoms with Crippen molar-refractivity contribution in [3.05, 3.63) is 47.9 Å². The first-order valence-electron chi connectivity index (χ1n) is 10.8. The van der Waals surface area contributed by atoms with Crippen molar-refractivity contribution in [1.29, 1.82) is 0 Å². The number of ether oxygens (including phenoxy) is 3. The van der Waals surface area contributed by atoms with Crippen LogP contribution in [-0.4, -0.2) is 54.2 Å². The first-order chi connectivity index (χ1) is 16.3. The van der Waals surface area contributed by atoms with Crippen LogP contribution >= 0.6 is 7.52 Å². The van der Waals surface area contributed by atoms with E-state index < -0.39 is 25.8 Å². The molecule has 2 unspecified atom stereocenters. The molecule has 186 valence electrons. The maximum Gasteiger partial charge on any atom is 0.323 e. The average molecular weight is 494 g/mol. The fourth-order valence-corrected chi connectivity index (χ4v) is 4.85. The van der Waals surface area contributed by atoms with Gasteiger partial charge in [-0.1, -0.05) is 30.3 Å². The zero-order chi connectivity index (χ0) is 24.6. The van der Waals surface area contributed by atoms with Crippen LogP contribution in [-0.2, 0) is 41.2 Å². The predicted molar refractivity (Wildman–Crippen MR) is 125 cm³/mol. The second-order valence-electron chi connectivity index (χ2n) is 7.48. The van der Waals surface area contributed by atoms with Gasteiger partial charge in [0.15, 0.2) is 18.0 Å². The van der Waals surface area contributed by atoms with Crippen molar-refractivity contribution >= 4 is 25.3 Å². The van der Waals surface area contributed by atoms with Crippen molar-refractivity contribution in [2.45, 2.75) is 39.3 Å². The second kappa shape index (κ2) is 12.1. The number of hydrogen-bond donors (Lipinski definition) is 3. The number of guanidine groups is 1. The van der Waals surface area contributed by atoms with Gasteiger partial charge in [0, 0.05) is 13.7 Å². The summed E-state index contributed by atoms with van der Waals surface area (Å²) in [5.41, 5.74) is 7.27. The maximum atomic E-state index is 13.5. The molecule has 1 aromatic heterocycles. The molecule has 0 saturated heterocycles. The second-order valence-corrected chi connectivity index (χ2v) is 9.60. The van der Waals surface area contributed by atoms with Crippen LogP contribution in [0.5, 0.6) is 0 Å². The Bertz CT molecular complexity index is 1030. The standard InChI is InChI=1S/C21H31N6O6P/c1-4-32-20(28)15(2)26-34(29,33-12-16-8-6-5-7-9-16)14-31-11-10-27-13-23-17-18(27)24-21(22)25-19(17)30-3/h5-9,13,15,19H,4,10-12,14H2,1-3H3,(H,26,29)(H3,22,24,25)/t15-,19?,34?/m1/s1. The number of imidazole rings is 1. The summed E-state index contributed by atoms with van der Waals surface area (Å²) in [5, 5.41) is 5.65. The van der Waals surface area contributed by atoms with Gasteiger partial charge in [0.2, 0.25) is 0 Å². The smallest absolute Gasteiger partial charge is 0.323 e. The SMILES string of the molecule is CCOC(=O)[C@@H](C)NP(=O)(COCCn1cnc2c1N=C(N)NC2OC)OCc1ccccc1. The highest BCUT2D eigenvalue weighted by molar-refractivity contribution is 7.56. The molecular weight excluding hydrogens is 463 g/mol. The van der Waals surface area contributed by atoms with Gasteiger partial charge in [0.05, 0.1) is 26.1 Å². The summed E-state index contributed by atoms with van der Waals surface area (Å²) in [6.07, 6.45) is 0.875. The van der Waals surface area contributed by atoms with E-state index in [1.165, 1.54) is 0 Å². The fraction of sp³-hybridized carbons (Fsp3) is 0.476. The molecule has 3 rings (SSSR count). The molecule has 12 nitrogen and oxygen atoms in total. The van der Waals surface area contributed by atoms with Crippen molar-refractivity contribution in [3.63, 3.8) is 0 Å². The van der Waals surface area contributed by atoms with E-state index in [4.69, 9.17) is 24.5 Å². The molecule has 0 amide bonds. The number of fused-ring (bicyclic) bond motifs is 1. The Kier molecular flexibility index (Phi) is 9.20. The van der Waals surface area contributed by atoms with Crippen LogP contribution in [0.4, 0.5) is 5.82 Å². The first-order valence-corrected chi connectivity index (χ1v) is 12.6. The van der Waals surface area contributed by atoms with Crippen LogP contribution in [0.15, 0.2) is 41.7 Å². The number of hydrogen-bond acceptors (Lipinski definition) is 10. The average Bonchev–Trinajstić information content (AvgIpc) is 3.23. The molecule has 1 aromatic carbocycles. The highest BCUT2D eigenvalue weighted by Crippen LogP contribution is 2.44. The van der Waals surface area contributed by atoms with Crippen LogP contribution < -0.4 is 16.1 Å². The number of esters is 1. The van der Waals surface area contributed by atoms with Crippen LogP contribution in [0.2, 0.25) is 0 Å². The third-order valence-electron chi connectivity index (χ3n) is 4.88. The van der Waals surface area contributed by atoms with Gasteiger partial charge in [0.1, 0.15) is 18.1 Å². The Balaban J connectivity index is 1.61. The van der Waals surface area contributed by atoms with Crippen LogP contribution in [0.25, 0.3) is 0 Å². The number of carbonyl (C=O) groups is 1. The van der Waals surface area contributed by atoms with Gasteiger partial charge >= 0.3 is 5.97 Å². The normalized spacial score (nSPS) is 17.7. The number of rotatable bonds is 13. The lowest BCUT2D eigenvalue weighted by Gasteiger charge is -2.23. The topological polar surface area (TPSA) is 151 Å². The number of aliphatic imine (C=N–C) groups is 1. The van der Waals surface area contributed by atoms with E-state index in [0.717, 1.165) is 5.56 Å². The molecule has 0 bridgehead atoms. The summed E-state index contributed by atoms with van der Waals surface area (Å²) < 4.78 is 37.0. The molecule has 0 fully saturated rings. The molecule has 2 heterocycles. The summed E-state index contributed by atoms with van der Waals surface area (Å²) in [6, 6.07) is 8.48. The lowest BCUT2D eigenvalue weighted by molar-refractivity contribution is -0.144. The highest BCUT2D eigenvalue weighted by Gasteiger charge is 2.30. The van der Waals surface area contributed by atoms with Crippen molar-refractivity contribution in [2.75, 3.05) is 26.7 Å². The highest BCUT2D eigenvalue weighted by atomic mass is 31.2. The molecule has 0 aliphatic carbocycles. The van der Waals surface area contributed by atoms with E-state index in [1.54, 1.807) is 31.9 Å². The number of carbonyl (C=O) groups excluding carboxylic acids is 1. The third-order valence-corrected chi connectivity index (χ3v) is 6.73. The van der Waals surface area contributed by atoms with Crippen molar-refractivity contribution in [1.82, 2.24) is 20.0 Å². The Morgan fingerprint density at radius 2 is 2.12 bits per heavy atom. The molecule has 4 N–H and O–H groups in total. The minimum Gasteiger partial charge on any atom is -0.465 e. The van der Waals surface area contributed by atoms with E-state index in [0.29, 0.717) is 18.1 Å². The minimum atomic E-state index is -3.55.